The van der Waals surface area contributed by atoms with Crippen molar-refractivity contribution in [2.45, 2.75) is 38.5 Å². The van der Waals surface area contributed by atoms with E-state index >= 15 is 0 Å². The fourth-order valence-electron chi connectivity index (χ4n) is 5.33. The molecule has 1 unspecified atom stereocenters. The van der Waals surface area contributed by atoms with Gasteiger partial charge in [0.25, 0.3) is 0 Å². The maximum atomic E-state index is 12.9. The molecule has 172 valence electrons. The predicted molar refractivity (Wildman–Crippen MR) is 128 cm³/mol. The van der Waals surface area contributed by atoms with Crippen LogP contribution in [0.3, 0.4) is 0 Å². The molecular formula is C26H32N6O. The zero-order valence-corrected chi connectivity index (χ0v) is 19.2. The van der Waals surface area contributed by atoms with Crippen molar-refractivity contribution in [1.29, 1.82) is 0 Å². The number of rotatable bonds is 8. The van der Waals surface area contributed by atoms with E-state index in [2.05, 4.69) is 62.9 Å². The number of anilines is 1. The van der Waals surface area contributed by atoms with E-state index in [4.69, 9.17) is 0 Å². The molecule has 4 heterocycles. The van der Waals surface area contributed by atoms with Crippen molar-refractivity contribution in [1.82, 2.24) is 24.8 Å². The maximum absolute atomic E-state index is 12.9. The first kappa shape index (κ1) is 21.8. The van der Waals surface area contributed by atoms with Gasteiger partial charge in [-0.1, -0.05) is 53.7 Å². The van der Waals surface area contributed by atoms with Gasteiger partial charge in [0.05, 0.1) is 18.2 Å². The summed E-state index contributed by atoms with van der Waals surface area (Å²) in [5, 5.41) is 11.9. The van der Waals surface area contributed by atoms with Crippen LogP contribution in [0, 0.1) is 11.8 Å². The molecule has 7 heteroatoms. The summed E-state index contributed by atoms with van der Waals surface area (Å²) in [6.45, 7) is 4.38. The largest absolute Gasteiger partial charge is 0.326 e. The zero-order valence-electron chi connectivity index (χ0n) is 19.2. The lowest BCUT2D eigenvalue weighted by atomic mass is 9.75. The highest BCUT2D eigenvalue weighted by molar-refractivity contribution is 5.93. The quantitative estimate of drug-likeness (QED) is 0.578. The molecule has 0 spiro atoms. The molecule has 3 aromatic rings. The summed E-state index contributed by atoms with van der Waals surface area (Å²) in [7, 11) is 2.11. The number of nitrogens with one attached hydrogen (secondary N) is 1. The molecule has 3 aliphatic rings. The third-order valence-corrected chi connectivity index (χ3v) is 6.97. The smallest absolute Gasteiger partial charge is 0.229 e. The number of carbonyl (C=O) groups excluding carboxylic acids is 1. The Morgan fingerprint density at radius 1 is 1.09 bits per heavy atom. The summed E-state index contributed by atoms with van der Waals surface area (Å²) in [5.74, 6) is 0.649. The van der Waals surface area contributed by atoms with Crippen LogP contribution in [0.5, 0.6) is 0 Å². The van der Waals surface area contributed by atoms with Gasteiger partial charge >= 0.3 is 0 Å². The molecule has 0 aliphatic carbocycles. The molecule has 0 radical (unpaired) electrons. The van der Waals surface area contributed by atoms with Gasteiger partial charge in [0, 0.05) is 37.6 Å². The van der Waals surface area contributed by atoms with Crippen molar-refractivity contribution in [2.75, 3.05) is 25.5 Å². The number of para-hydroxylation sites is 1. The highest BCUT2D eigenvalue weighted by Crippen LogP contribution is 2.37. The number of fused-ring (bicyclic) bond motifs is 3. The number of aromatic nitrogens is 3. The molecule has 1 amide bonds. The second-order valence-corrected chi connectivity index (χ2v) is 9.48. The summed E-state index contributed by atoms with van der Waals surface area (Å²) in [6.07, 6.45) is 4.21. The lowest BCUT2D eigenvalue weighted by molar-refractivity contribution is -0.127. The van der Waals surface area contributed by atoms with Crippen molar-refractivity contribution in [3.63, 3.8) is 0 Å². The molecule has 1 aromatic heterocycles. The Balaban J connectivity index is 1.14. The molecule has 0 saturated carbocycles. The summed E-state index contributed by atoms with van der Waals surface area (Å²) >= 11 is 0. The van der Waals surface area contributed by atoms with Gasteiger partial charge in [0.1, 0.15) is 0 Å². The molecule has 4 atom stereocenters. The number of hydrogen-bond donors (Lipinski definition) is 1. The molecule has 3 aliphatic heterocycles. The summed E-state index contributed by atoms with van der Waals surface area (Å²) in [4.78, 5) is 17.6. The van der Waals surface area contributed by atoms with Crippen molar-refractivity contribution in [2.24, 2.45) is 11.8 Å². The normalized spacial score (nSPS) is 24.2. The van der Waals surface area contributed by atoms with Crippen molar-refractivity contribution in [3.8, 4) is 0 Å². The molecule has 3 saturated heterocycles. The second kappa shape index (κ2) is 9.85. The van der Waals surface area contributed by atoms with Crippen LogP contribution >= 0.6 is 0 Å². The average Bonchev–Trinajstić information content (AvgIpc) is 3.27. The van der Waals surface area contributed by atoms with Crippen LogP contribution in [0.25, 0.3) is 0 Å². The zero-order chi connectivity index (χ0) is 22.6. The number of piperidine rings is 3. The van der Waals surface area contributed by atoms with Crippen LogP contribution in [0.2, 0.25) is 0 Å². The first-order valence-electron chi connectivity index (χ1n) is 11.9. The standard InChI is InChI=1S/C26H32N6O/c1-30(15-20-8-4-2-5-9-20)16-23-17-32(29-28-23)18-24-14-21-12-13-31(24)19-25(21)26(33)27-22-10-6-3-7-11-22/h2-11,17,21,24-25H,12-16,18-19H2,1H3,(H,27,33)/t21-,24-,25-/m0/s1. The Bertz CT molecular complexity index is 1050. The summed E-state index contributed by atoms with van der Waals surface area (Å²) < 4.78 is 1.98. The van der Waals surface area contributed by atoms with Gasteiger partial charge in [0.15, 0.2) is 0 Å². The Morgan fingerprint density at radius 3 is 2.58 bits per heavy atom. The fourth-order valence-corrected chi connectivity index (χ4v) is 5.33. The molecule has 33 heavy (non-hydrogen) atoms. The summed E-state index contributed by atoms with van der Waals surface area (Å²) in [6, 6.07) is 20.7. The maximum Gasteiger partial charge on any atom is 0.229 e. The monoisotopic (exact) mass is 444 g/mol. The Labute approximate surface area is 195 Å². The second-order valence-electron chi connectivity index (χ2n) is 9.48. The van der Waals surface area contributed by atoms with Crippen molar-refractivity contribution >= 4 is 11.6 Å². The Hall–Kier alpha value is -3.03. The minimum Gasteiger partial charge on any atom is -0.326 e. The van der Waals surface area contributed by atoms with Crippen LogP contribution in [0.15, 0.2) is 66.9 Å². The van der Waals surface area contributed by atoms with E-state index in [0.29, 0.717) is 12.0 Å². The van der Waals surface area contributed by atoms with Gasteiger partial charge in [0.2, 0.25) is 5.91 Å². The van der Waals surface area contributed by atoms with E-state index in [1.807, 2.05) is 41.1 Å². The highest BCUT2D eigenvalue weighted by atomic mass is 16.2. The lowest BCUT2D eigenvalue weighted by Gasteiger charge is -2.49. The van der Waals surface area contributed by atoms with Gasteiger partial charge in [-0.05, 0) is 50.0 Å². The molecule has 2 bridgehead atoms. The predicted octanol–water partition coefficient (Wildman–Crippen LogP) is 3.26. The van der Waals surface area contributed by atoms with E-state index in [1.165, 1.54) is 5.56 Å². The van der Waals surface area contributed by atoms with Gasteiger partial charge < -0.3 is 5.32 Å². The minimum atomic E-state index is 0.0631. The average molecular weight is 445 g/mol. The third-order valence-electron chi connectivity index (χ3n) is 6.97. The number of amides is 1. The van der Waals surface area contributed by atoms with Crippen LogP contribution in [0.4, 0.5) is 5.69 Å². The molecule has 2 aromatic carbocycles. The Kier molecular flexibility index (Phi) is 6.51. The molecule has 6 rings (SSSR count). The van der Waals surface area contributed by atoms with E-state index < -0.39 is 0 Å². The van der Waals surface area contributed by atoms with E-state index in [9.17, 15) is 4.79 Å². The molecule has 7 nitrogen and oxygen atoms in total. The molecular weight excluding hydrogens is 412 g/mol. The number of nitrogens with zero attached hydrogens (tertiary/aromatic N) is 5. The number of benzene rings is 2. The van der Waals surface area contributed by atoms with E-state index in [0.717, 1.165) is 56.9 Å². The van der Waals surface area contributed by atoms with Crippen LogP contribution in [-0.2, 0) is 24.4 Å². The van der Waals surface area contributed by atoms with Gasteiger partial charge in [-0.25, -0.2) is 0 Å². The summed E-state index contributed by atoms with van der Waals surface area (Å²) in [5.41, 5.74) is 3.16. The SMILES string of the molecule is CN(Cc1ccccc1)Cc1cn(C[C@@H]2C[C@@H]3CCN2C[C@@H]3C(=O)Nc2ccccc2)nn1. The lowest BCUT2D eigenvalue weighted by Crippen LogP contribution is -2.57. The first-order valence-corrected chi connectivity index (χ1v) is 11.9. The highest BCUT2D eigenvalue weighted by Gasteiger charge is 2.43. The van der Waals surface area contributed by atoms with Crippen molar-refractivity contribution in [3.05, 3.63) is 78.1 Å². The molecule has 1 N–H and O–H groups in total. The topological polar surface area (TPSA) is 66.3 Å². The number of hydrogen-bond acceptors (Lipinski definition) is 5. The van der Waals surface area contributed by atoms with Crippen LogP contribution < -0.4 is 5.32 Å². The van der Waals surface area contributed by atoms with Gasteiger partial charge in [-0.3, -0.25) is 19.3 Å². The minimum absolute atomic E-state index is 0.0631. The third kappa shape index (κ3) is 5.31. The van der Waals surface area contributed by atoms with Crippen LogP contribution in [-0.4, -0.2) is 56.9 Å². The van der Waals surface area contributed by atoms with Gasteiger partial charge in [-0.15, -0.1) is 5.10 Å². The number of carbonyl (C=O) groups is 1. The van der Waals surface area contributed by atoms with E-state index in [-0.39, 0.29) is 11.8 Å². The van der Waals surface area contributed by atoms with Gasteiger partial charge in [-0.2, -0.15) is 0 Å². The molecule has 3 fully saturated rings. The first-order chi connectivity index (χ1) is 16.1. The van der Waals surface area contributed by atoms with Crippen LogP contribution in [0.1, 0.15) is 24.1 Å². The Morgan fingerprint density at radius 2 is 1.85 bits per heavy atom. The van der Waals surface area contributed by atoms with Crippen molar-refractivity contribution < 1.29 is 4.79 Å². The fraction of sp³-hybridized carbons (Fsp3) is 0.423. The van der Waals surface area contributed by atoms with E-state index in [1.54, 1.807) is 0 Å².